The molecular weight excluding hydrogens is 118 g/mol. The summed E-state index contributed by atoms with van der Waals surface area (Å²) in [4.78, 5) is 0. The van der Waals surface area contributed by atoms with Gasteiger partial charge in [-0.25, -0.2) is 0 Å². The van der Waals surface area contributed by atoms with Crippen molar-refractivity contribution in [2.24, 2.45) is 5.73 Å². The Balaban J connectivity index is 2.35. The maximum absolute atomic E-state index is 8.62. The number of ether oxygens (including phenoxy) is 1. The third-order valence-electron chi connectivity index (χ3n) is 1.75. The van der Waals surface area contributed by atoms with Gasteiger partial charge in [0, 0.05) is 6.04 Å². The number of aliphatic hydroxyl groups is 1. The smallest absolute Gasteiger partial charge is 0.0825 e. The molecule has 0 amide bonds. The van der Waals surface area contributed by atoms with Gasteiger partial charge in [0.15, 0.2) is 0 Å². The second-order valence-corrected chi connectivity index (χ2v) is 2.55. The van der Waals surface area contributed by atoms with E-state index in [4.69, 9.17) is 15.6 Å². The van der Waals surface area contributed by atoms with Crippen LogP contribution in [-0.4, -0.2) is 30.0 Å². The molecule has 0 aromatic carbocycles. The molecule has 1 aliphatic rings. The Labute approximate surface area is 54.8 Å². The second-order valence-electron chi connectivity index (χ2n) is 2.55. The van der Waals surface area contributed by atoms with Crippen LogP contribution in [0.4, 0.5) is 0 Å². The van der Waals surface area contributed by atoms with Gasteiger partial charge in [-0.05, 0) is 13.3 Å². The van der Waals surface area contributed by atoms with Gasteiger partial charge in [-0.3, -0.25) is 0 Å². The minimum atomic E-state index is -0.0185. The average molecular weight is 131 g/mol. The summed E-state index contributed by atoms with van der Waals surface area (Å²) in [5, 5.41) is 8.62. The molecule has 0 saturated carbocycles. The Hall–Kier alpha value is -0.120. The number of rotatable bonds is 1. The van der Waals surface area contributed by atoms with Gasteiger partial charge in [-0.15, -0.1) is 0 Å². The first-order chi connectivity index (χ1) is 4.24. The molecule has 0 aliphatic carbocycles. The van der Waals surface area contributed by atoms with Crippen LogP contribution >= 0.6 is 0 Å². The molecule has 3 atom stereocenters. The third kappa shape index (κ3) is 1.41. The lowest BCUT2D eigenvalue weighted by Gasteiger charge is -2.06. The summed E-state index contributed by atoms with van der Waals surface area (Å²) in [6.45, 7) is 2.03. The van der Waals surface area contributed by atoms with Gasteiger partial charge < -0.3 is 15.6 Å². The first-order valence-corrected chi connectivity index (χ1v) is 3.26. The predicted octanol–water partition coefficient (Wildman–Crippen LogP) is -0.517. The summed E-state index contributed by atoms with van der Waals surface area (Å²) >= 11 is 0. The van der Waals surface area contributed by atoms with Crippen molar-refractivity contribution in [3.8, 4) is 0 Å². The highest BCUT2D eigenvalue weighted by Crippen LogP contribution is 2.17. The average Bonchev–Trinajstić information content (AvgIpc) is 2.13. The lowest BCUT2D eigenvalue weighted by molar-refractivity contribution is 0.0180. The van der Waals surface area contributed by atoms with E-state index in [-0.39, 0.29) is 24.9 Å². The lowest BCUT2D eigenvalue weighted by atomic mass is 10.1. The Bertz CT molecular complexity index is 87.1. The molecule has 1 aliphatic heterocycles. The van der Waals surface area contributed by atoms with Crippen LogP contribution in [0.1, 0.15) is 13.3 Å². The first-order valence-electron chi connectivity index (χ1n) is 3.26. The van der Waals surface area contributed by atoms with Crippen molar-refractivity contribution in [3.63, 3.8) is 0 Å². The van der Waals surface area contributed by atoms with E-state index in [9.17, 15) is 0 Å². The fraction of sp³-hybridized carbons (Fsp3) is 1.00. The molecule has 3 heteroatoms. The minimum absolute atomic E-state index is 0.0185. The van der Waals surface area contributed by atoms with Crippen LogP contribution in [0.25, 0.3) is 0 Å². The number of nitrogens with two attached hydrogens (primary N) is 1. The van der Waals surface area contributed by atoms with Crippen molar-refractivity contribution in [2.75, 3.05) is 6.61 Å². The molecule has 54 valence electrons. The quantitative estimate of drug-likeness (QED) is 0.503. The zero-order valence-corrected chi connectivity index (χ0v) is 5.58. The van der Waals surface area contributed by atoms with E-state index in [0.29, 0.717) is 0 Å². The Morgan fingerprint density at radius 2 is 2.44 bits per heavy atom. The summed E-state index contributed by atoms with van der Waals surface area (Å²) < 4.78 is 5.25. The van der Waals surface area contributed by atoms with Crippen molar-refractivity contribution in [1.82, 2.24) is 0 Å². The SMILES string of the molecule is C[C@@H]1O[C@H](CO)CC1N. The van der Waals surface area contributed by atoms with Crippen molar-refractivity contribution in [1.29, 1.82) is 0 Å². The van der Waals surface area contributed by atoms with Crippen LogP contribution in [0.3, 0.4) is 0 Å². The van der Waals surface area contributed by atoms with Crippen molar-refractivity contribution in [2.45, 2.75) is 31.6 Å². The molecule has 3 nitrogen and oxygen atoms in total. The number of aliphatic hydroxyl groups excluding tert-OH is 1. The summed E-state index contributed by atoms with van der Waals surface area (Å²) in [6, 6.07) is 0.113. The Morgan fingerprint density at radius 3 is 2.67 bits per heavy atom. The van der Waals surface area contributed by atoms with Crippen LogP contribution in [0.2, 0.25) is 0 Å². The van der Waals surface area contributed by atoms with Gasteiger partial charge in [0.1, 0.15) is 0 Å². The van der Waals surface area contributed by atoms with E-state index in [0.717, 1.165) is 6.42 Å². The zero-order chi connectivity index (χ0) is 6.85. The van der Waals surface area contributed by atoms with Gasteiger partial charge in [0.25, 0.3) is 0 Å². The van der Waals surface area contributed by atoms with Crippen molar-refractivity contribution < 1.29 is 9.84 Å². The zero-order valence-electron chi connectivity index (χ0n) is 5.58. The van der Waals surface area contributed by atoms with Crippen LogP contribution in [-0.2, 0) is 4.74 Å². The van der Waals surface area contributed by atoms with Gasteiger partial charge in [-0.2, -0.15) is 0 Å². The maximum Gasteiger partial charge on any atom is 0.0825 e. The van der Waals surface area contributed by atoms with E-state index in [1.54, 1.807) is 0 Å². The van der Waals surface area contributed by atoms with Crippen molar-refractivity contribution >= 4 is 0 Å². The van der Waals surface area contributed by atoms with Gasteiger partial charge >= 0.3 is 0 Å². The molecular formula is C6H13NO2. The molecule has 1 unspecified atom stereocenters. The van der Waals surface area contributed by atoms with E-state index >= 15 is 0 Å². The minimum Gasteiger partial charge on any atom is -0.394 e. The Morgan fingerprint density at radius 1 is 1.78 bits per heavy atom. The van der Waals surface area contributed by atoms with E-state index in [1.807, 2.05) is 6.92 Å². The largest absolute Gasteiger partial charge is 0.394 e. The molecule has 1 saturated heterocycles. The van der Waals surface area contributed by atoms with E-state index in [2.05, 4.69) is 0 Å². The first kappa shape index (κ1) is 6.99. The molecule has 1 heterocycles. The van der Waals surface area contributed by atoms with Crippen LogP contribution < -0.4 is 5.73 Å². The molecule has 1 fully saturated rings. The maximum atomic E-state index is 8.62. The Kier molecular flexibility index (Phi) is 2.05. The second kappa shape index (κ2) is 2.64. The van der Waals surface area contributed by atoms with Gasteiger partial charge in [-0.1, -0.05) is 0 Å². The standard InChI is InChI=1S/C6H13NO2/c1-4-6(7)2-5(3-8)9-4/h4-6,8H,2-3,7H2,1H3/t4-,5-,6?/m0/s1. The highest BCUT2D eigenvalue weighted by Gasteiger charge is 2.28. The van der Waals surface area contributed by atoms with Crippen LogP contribution in [0.15, 0.2) is 0 Å². The number of hydrogen-bond donors (Lipinski definition) is 2. The molecule has 3 N–H and O–H groups in total. The molecule has 1 rings (SSSR count). The van der Waals surface area contributed by atoms with Crippen LogP contribution in [0.5, 0.6) is 0 Å². The molecule has 0 spiro atoms. The molecule has 0 radical (unpaired) electrons. The lowest BCUT2D eigenvalue weighted by Crippen LogP contribution is -2.26. The molecule has 0 aromatic rings. The van der Waals surface area contributed by atoms with Crippen LogP contribution in [0, 0.1) is 0 Å². The fourth-order valence-corrected chi connectivity index (χ4v) is 1.07. The summed E-state index contributed by atoms with van der Waals surface area (Å²) in [6.07, 6.45) is 0.884. The predicted molar refractivity (Wildman–Crippen MR) is 34.0 cm³/mol. The highest BCUT2D eigenvalue weighted by atomic mass is 16.5. The summed E-state index contributed by atoms with van der Waals surface area (Å²) in [5.41, 5.74) is 5.61. The summed E-state index contributed by atoms with van der Waals surface area (Å²) in [5.74, 6) is 0. The fourth-order valence-electron chi connectivity index (χ4n) is 1.07. The monoisotopic (exact) mass is 131 g/mol. The topological polar surface area (TPSA) is 55.5 Å². The molecule has 0 bridgehead atoms. The van der Waals surface area contributed by atoms with E-state index < -0.39 is 0 Å². The third-order valence-corrected chi connectivity index (χ3v) is 1.75. The normalized spacial score (nSPS) is 43.7. The molecule has 9 heavy (non-hydrogen) atoms. The molecule has 0 aromatic heterocycles. The number of hydrogen-bond acceptors (Lipinski definition) is 3. The summed E-state index contributed by atoms with van der Waals surface area (Å²) in [7, 11) is 0. The van der Waals surface area contributed by atoms with Gasteiger partial charge in [0.2, 0.25) is 0 Å². The van der Waals surface area contributed by atoms with E-state index in [1.165, 1.54) is 0 Å². The van der Waals surface area contributed by atoms with Gasteiger partial charge in [0.05, 0.1) is 18.8 Å². The van der Waals surface area contributed by atoms with Crippen molar-refractivity contribution in [3.05, 3.63) is 0 Å². The highest BCUT2D eigenvalue weighted by molar-refractivity contribution is 4.81.